The Labute approximate surface area is 210 Å². The fourth-order valence-corrected chi connectivity index (χ4v) is 4.56. The number of carbonyl (C=O) groups excluding carboxylic acids is 2. The zero-order valence-corrected chi connectivity index (χ0v) is 22.0. The minimum absolute atomic E-state index is 0.0867. The summed E-state index contributed by atoms with van der Waals surface area (Å²) in [6, 6.07) is 10.3. The van der Waals surface area contributed by atoms with Gasteiger partial charge in [0.15, 0.2) is 0 Å². The highest BCUT2D eigenvalue weighted by atomic mass is 35.5. The number of amides is 2. The van der Waals surface area contributed by atoms with Gasteiger partial charge in [-0.25, -0.2) is 8.42 Å². The fraction of sp³-hybridized carbons (Fsp3) is 0.391. The van der Waals surface area contributed by atoms with E-state index in [4.69, 9.17) is 27.9 Å². The van der Waals surface area contributed by atoms with Gasteiger partial charge in [0.05, 0.1) is 19.1 Å². The van der Waals surface area contributed by atoms with Crippen molar-refractivity contribution in [1.82, 2.24) is 10.2 Å². The molecule has 0 saturated carbocycles. The van der Waals surface area contributed by atoms with Crippen LogP contribution in [-0.4, -0.2) is 57.1 Å². The molecule has 0 bridgehead atoms. The van der Waals surface area contributed by atoms with E-state index in [0.29, 0.717) is 5.75 Å². The average Bonchev–Trinajstić information content (AvgIpc) is 2.73. The second-order valence-electron chi connectivity index (χ2n) is 8.11. The lowest BCUT2D eigenvalue weighted by Gasteiger charge is -2.32. The molecular weight excluding hydrogens is 501 g/mol. The van der Waals surface area contributed by atoms with Crippen LogP contribution in [0.1, 0.15) is 26.3 Å². The predicted molar refractivity (Wildman–Crippen MR) is 135 cm³/mol. The minimum Gasteiger partial charge on any atom is -0.497 e. The van der Waals surface area contributed by atoms with E-state index < -0.39 is 28.5 Å². The first-order chi connectivity index (χ1) is 15.8. The van der Waals surface area contributed by atoms with Gasteiger partial charge in [-0.3, -0.25) is 13.9 Å². The lowest BCUT2D eigenvalue weighted by atomic mass is 10.1. The first kappa shape index (κ1) is 27.8. The molecule has 0 saturated heterocycles. The molecule has 1 atom stereocenters. The predicted octanol–water partition coefficient (Wildman–Crippen LogP) is 3.71. The summed E-state index contributed by atoms with van der Waals surface area (Å²) >= 11 is 12.1. The van der Waals surface area contributed by atoms with Gasteiger partial charge < -0.3 is 15.0 Å². The number of anilines is 1. The highest BCUT2D eigenvalue weighted by Gasteiger charge is 2.30. The van der Waals surface area contributed by atoms with Crippen LogP contribution in [0.4, 0.5) is 5.69 Å². The molecule has 8 nitrogen and oxygen atoms in total. The first-order valence-corrected chi connectivity index (χ1v) is 13.1. The number of nitrogens with one attached hydrogen (secondary N) is 1. The molecule has 2 rings (SSSR count). The third-order valence-electron chi connectivity index (χ3n) is 4.92. The molecule has 11 heteroatoms. The van der Waals surface area contributed by atoms with E-state index in [1.54, 1.807) is 38.3 Å². The molecule has 0 fully saturated rings. The summed E-state index contributed by atoms with van der Waals surface area (Å²) in [7, 11) is -2.33. The third kappa shape index (κ3) is 7.78. The maximum absolute atomic E-state index is 13.5. The lowest BCUT2D eigenvalue weighted by molar-refractivity contribution is -0.139. The number of halogens is 2. The second-order valence-corrected chi connectivity index (χ2v) is 10.9. The molecule has 0 unspecified atom stereocenters. The van der Waals surface area contributed by atoms with Gasteiger partial charge in [0.2, 0.25) is 21.8 Å². The van der Waals surface area contributed by atoms with Gasteiger partial charge in [0, 0.05) is 22.6 Å². The Bertz CT molecular complexity index is 1100. The number of rotatable bonds is 10. The van der Waals surface area contributed by atoms with Gasteiger partial charge in [0.1, 0.15) is 18.3 Å². The summed E-state index contributed by atoms with van der Waals surface area (Å²) in [6.45, 7) is 4.78. The topological polar surface area (TPSA) is 96.0 Å². The van der Waals surface area contributed by atoms with Crippen LogP contribution in [0.3, 0.4) is 0 Å². The van der Waals surface area contributed by atoms with Crippen molar-refractivity contribution >= 4 is 50.7 Å². The highest BCUT2D eigenvalue weighted by Crippen LogP contribution is 2.27. The number of hydrogen-bond donors (Lipinski definition) is 1. The Morgan fingerprint density at radius 3 is 2.06 bits per heavy atom. The molecule has 2 aromatic carbocycles. The summed E-state index contributed by atoms with van der Waals surface area (Å²) in [4.78, 5) is 27.5. The number of ether oxygens (including phenoxy) is 1. The van der Waals surface area contributed by atoms with E-state index in [9.17, 15) is 18.0 Å². The molecule has 1 N–H and O–H groups in total. The SMILES string of the molecule is COc1ccc(CN(C(=O)CN(c2cc(Cl)cc(Cl)c2)S(C)(=O)=O)[C@@H](C)C(=O)NC(C)C)cc1. The molecule has 34 heavy (non-hydrogen) atoms. The Morgan fingerprint density at radius 2 is 1.59 bits per heavy atom. The van der Waals surface area contributed by atoms with E-state index in [2.05, 4.69) is 5.32 Å². The molecule has 2 aromatic rings. The number of hydrogen-bond acceptors (Lipinski definition) is 5. The number of methoxy groups -OCH3 is 1. The molecular formula is C23H29Cl2N3O5S. The number of benzene rings is 2. The average molecular weight is 530 g/mol. The smallest absolute Gasteiger partial charge is 0.244 e. The van der Waals surface area contributed by atoms with Gasteiger partial charge >= 0.3 is 0 Å². The molecule has 0 heterocycles. The first-order valence-electron chi connectivity index (χ1n) is 10.5. The maximum Gasteiger partial charge on any atom is 0.244 e. The second kappa shape index (κ2) is 11.8. The largest absolute Gasteiger partial charge is 0.497 e. The normalized spacial score (nSPS) is 12.2. The molecule has 186 valence electrons. The quantitative estimate of drug-likeness (QED) is 0.506. The summed E-state index contributed by atoms with van der Waals surface area (Å²) < 4.78 is 31.2. The van der Waals surface area contributed by atoms with Crippen molar-refractivity contribution in [3.8, 4) is 5.75 Å². The van der Waals surface area contributed by atoms with Gasteiger partial charge in [-0.05, 0) is 56.7 Å². The van der Waals surface area contributed by atoms with E-state index in [1.165, 1.54) is 23.1 Å². The Balaban J connectivity index is 2.41. The molecule has 0 aromatic heterocycles. The van der Waals surface area contributed by atoms with Gasteiger partial charge in [-0.2, -0.15) is 0 Å². The summed E-state index contributed by atoms with van der Waals surface area (Å²) in [5.74, 6) is -0.273. The van der Waals surface area contributed by atoms with E-state index in [0.717, 1.165) is 16.1 Å². The van der Waals surface area contributed by atoms with Gasteiger partial charge in [-0.1, -0.05) is 35.3 Å². The van der Waals surface area contributed by atoms with E-state index in [-0.39, 0.29) is 34.2 Å². The van der Waals surface area contributed by atoms with Gasteiger partial charge in [0.25, 0.3) is 0 Å². The van der Waals surface area contributed by atoms with Crippen molar-refractivity contribution in [1.29, 1.82) is 0 Å². The zero-order chi connectivity index (χ0) is 25.6. The van der Waals surface area contributed by atoms with Crippen LogP contribution in [-0.2, 0) is 26.2 Å². The zero-order valence-electron chi connectivity index (χ0n) is 19.7. The molecule has 2 amide bonds. The standard InChI is InChI=1S/C23H29Cl2N3O5S/c1-15(2)26-23(30)16(3)27(13-17-6-8-21(33-4)9-7-17)22(29)14-28(34(5,31)32)20-11-18(24)10-19(25)12-20/h6-12,15-16H,13-14H2,1-5H3,(H,26,30)/t16-/m0/s1. The maximum atomic E-state index is 13.5. The van der Waals surface area contributed by atoms with Crippen molar-refractivity contribution in [3.63, 3.8) is 0 Å². The molecule has 0 spiro atoms. The number of sulfonamides is 1. The van der Waals surface area contributed by atoms with Crippen LogP contribution in [0.2, 0.25) is 10.0 Å². The van der Waals surface area contributed by atoms with Crippen molar-refractivity contribution in [3.05, 3.63) is 58.1 Å². The molecule has 0 aliphatic carbocycles. The van der Waals surface area contributed by atoms with Crippen LogP contribution in [0, 0.1) is 0 Å². The van der Waals surface area contributed by atoms with Crippen LogP contribution in [0.5, 0.6) is 5.75 Å². The minimum atomic E-state index is -3.88. The molecule has 0 aliphatic heterocycles. The Morgan fingerprint density at radius 1 is 1.03 bits per heavy atom. The Hall–Kier alpha value is -2.49. The summed E-state index contributed by atoms with van der Waals surface area (Å²) in [6.07, 6.45) is 0.984. The fourth-order valence-electron chi connectivity index (χ4n) is 3.21. The number of carbonyl (C=O) groups is 2. The van der Waals surface area contributed by atoms with Crippen molar-refractivity contribution in [2.24, 2.45) is 0 Å². The number of nitrogens with zero attached hydrogens (tertiary/aromatic N) is 2. The lowest BCUT2D eigenvalue weighted by Crippen LogP contribution is -2.52. The van der Waals surface area contributed by atoms with Crippen LogP contribution < -0.4 is 14.4 Å². The monoisotopic (exact) mass is 529 g/mol. The molecule has 0 aliphatic rings. The summed E-state index contributed by atoms with van der Waals surface area (Å²) in [5, 5.41) is 3.24. The van der Waals surface area contributed by atoms with Crippen molar-refractivity contribution in [2.75, 3.05) is 24.2 Å². The van der Waals surface area contributed by atoms with E-state index in [1.807, 2.05) is 13.8 Å². The Kier molecular flexibility index (Phi) is 9.61. The molecule has 0 radical (unpaired) electrons. The van der Waals surface area contributed by atoms with Crippen LogP contribution in [0.25, 0.3) is 0 Å². The van der Waals surface area contributed by atoms with Crippen LogP contribution in [0.15, 0.2) is 42.5 Å². The summed E-state index contributed by atoms with van der Waals surface area (Å²) in [5.41, 5.74) is 0.895. The highest BCUT2D eigenvalue weighted by molar-refractivity contribution is 7.92. The van der Waals surface area contributed by atoms with Crippen molar-refractivity contribution < 1.29 is 22.7 Å². The third-order valence-corrected chi connectivity index (χ3v) is 6.50. The van der Waals surface area contributed by atoms with Crippen molar-refractivity contribution in [2.45, 2.75) is 39.4 Å². The van der Waals surface area contributed by atoms with Crippen LogP contribution >= 0.6 is 23.2 Å². The van der Waals surface area contributed by atoms with E-state index >= 15 is 0 Å². The van der Waals surface area contributed by atoms with Gasteiger partial charge in [-0.15, -0.1) is 0 Å².